The summed E-state index contributed by atoms with van der Waals surface area (Å²) in [4.78, 5) is 16.6. The monoisotopic (exact) mass is 383 g/mol. The third kappa shape index (κ3) is 3.41. The largest absolute Gasteiger partial charge is 0.345 e. The smallest absolute Gasteiger partial charge is 0.252 e. The van der Waals surface area contributed by atoms with Crippen LogP contribution < -0.4 is 5.32 Å². The van der Waals surface area contributed by atoms with Crippen LogP contribution in [0.25, 0.3) is 5.69 Å². The molecule has 1 amide bonds. The lowest BCUT2D eigenvalue weighted by atomic mass is 10.1. The molecule has 3 rings (SSSR count). The van der Waals surface area contributed by atoms with E-state index >= 15 is 0 Å². The Morgan fingerprint density at radius 2 is 1.88 bits per heavy atom. The number of carbonyl (C=O) groups is 1. The van der Waals surface area contributed by atoms with Crippen molar-refractivity contribution in [3.8, 4) is 5.69 Å². The van der Waals surface area contributed by atoms with Crippen molar-refractivity contribution in [3.05, 3.63) is 82.3 Å². The van der Waals surface area contributed by atoms with Crippen molar-refractivity contribution in [3.63, 3.8) is 0 Å². The number of nitrogens with one attached hydrogen (secondary N) is 1. The highest BCUT2D eigenvalue weighted by molar-refractivity contribution is 9.10. The maximum atomic E-state index is 12.4. The normalized spacial score (nSPS) is 12.0. The summed E-state index contributed by atoms with van der Waals surface area (Å²) in [5, 5.41) is 3.03. The van der Waals surface area contributed by atoms with Crippen LogP contribution in [0.4, 0.5) is 0 Å². The molecule has 0 saturated carbocycles. The quantitative estimate of drug-likeness (QED) is 0.723. The number of hydrogen-bond acceptors (Lipinski definition) is 2. The Labute approximate surface area is 149 Å². The van der Waals surface area contributed by atoms with Crippen LogP contribution in [-0.4, -0.2) is 15.5 Å². The highest BCUT2D eigenvalue weighted by Crippen LogP contribution is 2.19. The fraction of sp³-hybridized carbons (Fsp3) is 0.158. The van der Waals surface area contributed by atoms with E-state index in [9.17, 15) is 4.79 Å². The molecule has 0 aliphatic carbocycles. The van der Waals surface area contributed by atoms with Crippen molar-refractivity contribution >= 4 is 21.8 Å². The van der Waals surface area contributed by atoms with E-state index in [4.69, 9.17) is 0 Å². The van der Waals surface area contributed by atoms with E-state index < -0.39 is 0 Å². The van der Waals surface area contributed by atoms with Crippen LogP contribution in [0.2, 0.25) is 0 Å². The lowest BCUT2D eigenvalue weighted by molar-refractivity contribution is 0.0939. The summed E-state index contributed by atoms with van der Waals surface area (Å²) in [5.74, 6) is 0.850. The molecule has 2 aromatic carbocycles. The van der Waals surface area contributed by atoms with Gasteiger partial charge in [0.15, 0.2) is 0 Å². The molecule has 0 radical (unpaired) electrons. The van der Waals surface area contributed by atoms with E-state index in [1.165, 1.54) is 0 Å². The number of aryl methyl sites for hydroxylation is 1. The average Bonchev–Trinajstić information content (AvgIpc) is 3.01. The molecule has 122 valence electrons. The average molecular weight is 384 g/mol. The number of rotatable bonds is 4. The maximum absolute atomic E-state index is 12.4. The Hall–Kier alpha value is -2.40. The van der Waals surface area contributed by atoms with E-state index in [1.807, 2.05) is 67.1 Å². The van der Waals surface area contributed by atoms with Crippen LogP contribution in [0, 0.1) is 6.92 Å². The molecule has 1 N–H and O–H groups in total. The molecule has 24 heavy (non-hydrogen) atoms. The summed E-state index contributed by atoms with van der Waals surface area (Å²) < 4.78 is 2.81. The lowest BCUT2D eigenvalue weighted by Crippen LogP contribution is -2.26. The predicted molar refractivity (Wildman–Crippen MR) is 98.3 cm³/mol. The van der Waals surface area contributed by atoms with Gasteiger partial charge in [-0.1, -0.05) is 24.3 Å². The van der Waals surface area contributed by atoms with Gasteiger partial charge in [0.25, 0.3) is 5.91 Å². The molecular formula is C19H18BrN3O. The van der Waals surface area contributed by atoms with E-state index in [0.29, 0.717) is 5.56 Å². The van der Waals surface area contributed by atoms with Crippen LogP contribution in [0.5, 0.6) is 0 Å². The second-order valence-electron chi connectivity index (χ2n) is 5.61. The van der Waals surface area contributed by atoms with Gasteiger partial charge in [0.2, 0.25) is 0 Å². The molecule has 3 aromatic rings. The number of aromatic nitrogens is 2. The fourth-order valence-electron chi connectivity index (χ4n) is 2.58. The first-order chi connectivity index (χ1) is 11.6. The standard InChI is InChI=1S/C19H18BrN3O/c1-13(22-19(24)17-5-3-4-6-18(17)20)15-7-9-16(10-8-15)23-12-11-21-14(23)2/h3-13H,1-2H3,(H,22,24)/t13-/m1/s1. The van der Waals surface area contributed by atoms with E-state index in [0.717, 1.165) is 21.5 Å². The van der Waals surface area contributed by atoms with Crippen LogP contribution in [0.15, 0.2) is 65.4 Å². The number of nitrogens with zero attached hydrogens (tertiary/aromatic N) is 2. The van der Waals surface area contributed by atoms with Gasteiger partial charge in [-0.2, -0.15) is 0 Å². The summed E-state index contributed by atoms with van der Waals surface area (Å²) in [7, 11) is 0. The van der Waals surface area contributed by atoms with Gasteiger partial charge >= 0.3 is 0 Å². The Kier molecular flexibility index (Phi) is 4.81. The summed E-state index contributed by atoms with van der Waals surface area (Å²) in [6, 6.07) is 15.4. The Morgan fingerprint density at radius 3 is 2.50 bits per heavy atom. The molecule has 0 saturated heterocycles. The molecule has 1 heterocycles. The third-order valence-electron chi connectivity index (χ3n) is 3.96. The number of hydrogen-bond donors (Lipinski definition) is 1. The molecule has 4 nitrogen and oxygen atoms in total. The van der Waals surface area contributed by atoms with Crippen molar-refractivity contribution < 1.29 is 4.79 Å². The van der Waals surface area contributed by atoms with Gasteiger partial charge in [0.05, 0.1) is 11.6 Å². The summed E-state index contributed by atoms with van der Waals surface area (Å²) in [6.45, 7) is 3.95. The van der Waals surface area contributed by atoms with Crippen molar-refractivity contribution in [1.82, 2.24) is 14.9 Å². The molecule has 1 atom stereocenters. The van der Waals surface area contributed by atoms with Crippen LogP contribution in [0.1, 0.15) is 34.7 Å². The zero-order chi connectivity index (χ0) is 17.1. The molecular weight excluding hydrogens is 366 g/mol. The highest BCUT2D eigenvalue weighted by Gasteiger charge is 2.13. The first-order valence-electron chi connectivity index (χ1n) is 7.72. The van der Waals surface area contributed by atoms with Gasteiger partial charge in [-0.05, 0) is 59.6 Å². The molecule has 1 aromatic heterocycles. The number of benzene rings is 2. The van der Waals surface area contributed by atoms with Gasteiger partial charge in [-0.15, -0.1) is 0 Å². The zero-order valence-corrected chi connectivity index (χ0v) is 15.1. The van der Waals surface area contributed by atoms with E-state index in [-0.39, 0.29) is 11.9 Å². The third-order valence-corrected chi connectivity index (χ3v) is 4.65. The molecule has 5 heteroatoms. The van der Waals surface area contributed by atoms with Crippen molar-refractivity contribution in [1.29, 1.82) is 0 Å². The molecule has 0 aliphatic heterocycles. The van der Waals surface area contributed by atoms with Crippen molar-refractivity contribution in [2.45, 2.75) is 19.9 Å². The number of carbonyl (C=O) groups excluding carboxylic acids is 1. The lowest BCUT2D eigenvalue weighted by Gasteiger charge is -2.16. The summed E-state index contributed by atoms with van der Waals surface area (Å²) >= 11 is 3.41. The summed E-state index contributed by atoms with van der Waals surface area (Å²) in [5.41, 5.74) is 2.74. The number of halogens is 1. The molecule has 0 fully saturated rings. The SMILES string of the molecule is Cc1nccn1-c1ccc([C@@H](C)NC(=O)c2ccccc2Br)cc1. The fourth-order valence-corrected chi connectivity index (χ4v) is 3.04. The Balaban J connectivity index is 1.74. The van der Waals surface area contributed by atoms with E-state index in [2.05, 4.69) is 26.2 Å². The minimum Gasteiger partial charge on any atom is -0.345 e. The van der Waals surface area contributed by atoms with Crippen LogP contribution in [-0.2, 0) is 0 Å². The first-order valence-corrected chi connectivity index (χ1v) is 8.51. The second-order valence-corrected chi connectivity index (χ2v) is 6.47. The Morgan fingerprint density at radius 1 is 1.17 bits per heavy atom. The van der Waals surface area contributed by atoms with Gasteiger partial charge in [0.1, 0.15) is 5.82 Å². The molecule has 0 unspecified atom stereocenters. The van der Waals surface area contributed by atoms with E-state index in [1.54, 1.807) is 12.3 Å². The first kappa shape index (κ1) is 16.5. The van der Waals surface area contributed by atoms with Gasteiger partial charge in [-0.3, -0.25) is 4.79 Å². The minimum absolute atomic E-state index is 0.0810. The second kappa shape index (κ2) is 7.01. The van der Waals surface area contributed by atoms with Gasteiger partial charge in [-0.25, -0.2) is 4.98 Å². The molecule has 0 spiro atoms. The molecule has 0 bridgehead atoms. The number of amides is 1. The van der Waals surface area contributed by atoms with Crippen molar-refractivity contribution in [2.75, 3.05) is 0 Å². The molecule has 0 aliphatic rings. The van der Waals surface area contributed by atoms with Gasteiger partial charge < -0.3 is 9.88 Å². The van der Waals surface area contributed by atoms with Gasteiger partial charge in [0, 0.05) is 22.6 Å². The Bertz CT molecular complexity index is 855. The summed E-state index contributed by atoms with van der Waals surface area (Å²) in [6.07, 6.45) is 3.71. The zero-order valence-electron chi connectivity index (χ0n) is 13.5. The maximum Gasteiger partial charge on any atom is 0.252 e. The van der Waals surface area contributed by atoms with Crippen LogP contribution >= 0.6 is 15.9 Å². The number of imidazole rings is 1. The van der Waals surface area contributed by atoms with Crippen molar-refractivity contribution in [2.24, 2.45) is 0 Å². The predicted octanol–water partition coefficient (Wildman–Crippen LogP) is 4.43. The highest BCUT2D eigenvalue weighted by atomic mass is 79.9. The topological polar surface area (TPSA) is 46.9 Å². The minimum atomic E-state index is -0.0931. The van der Waals surface area contributed by atoms with Crippen LogP contribution in [0.3, 0.4) is 0 Å².